The van der Waals surface area contributed by atoms with E-state index in [0.717, 1.165) is 63.9 Å². The smallest absolute Gasteiger partial charge is 0.200 e. The Morgan fingerprint density at radius 2 is 2.12 bits per heavy atom. The second-order valence-electron chi connectivity index (χ2n) is 8.07. The highest BCUT2D eigenvalue weighted by molar-refractivity contribution is 7.99. The Bertz CT molecular complexity index is 1320. The van der Waals surface area contributed by atoms with Crippen molar-refractivity contribution in [2.75, 3.05) is 31.7 Å². The minimum Gasteiger partial charge on any atom is -0.393 e. The lowest BCUT2D eigenvalue weighted by Crippen LogP contribution is -2.27. The second-order valence-corrected chi connectivity index (χ2v) is 9.11. The molecule has 0 saturated carbocycles. The molecule has 10 heteroatoms. The van der Waals surface area contributed by atoms with E-state index in [2.05, 4.69) is 37.8 Å². The van der Waals surface area contributed by atoms with E-state index in [1.54, 1.807) is 11.8 Å². The van der Waals surface area contributed by atoms with Crippen LogP contribution in [-0.4, -0.2) is 62.9 Å². The van der Waals surface area contributed by atoms with Crippen LogP contribution in [0.1, 0.15) is 25.3 Å². The molecule has 2 N–H and O–H groups in total. The van der Waals surface area contributed by atoms with E-state index in [1.807, 2.05) is 48.0 Å². The summed E-state index contributed by atoms with van der Waals surface area (Å²) in [5.74, 6) is 0. The quantitative estimate of drug-likeness (QED) is 0.224. The number of benzene rings is 1. The molecule has 1 aliphatic rings. The van der Waals surface area contributed by atoms with Gasteiger partial charge in [-0.3, -0.25) is 9.38 Å². The number of rotatable bonds is 8. The summed E-state index contributed by atoms with van der Waals surface area (Å²) in [6.45, 7) is 3.55. The Morgan fingerprint density at radius 1 is 1.24 bits per heavy atom. The maximum absolute atomic E-state index is 8.87. The number of pyridine rings is 2. The van der Waals surface area contributed by atoms with Crippen LogP contribution in [-0.2, 0) is 9.57 Å². The van der Waals surface area contributed by atoms with Gasteiger partial charge in [-0.1, -0.05) is 5.16 Å². The van der Waals surface area contributed by atoms with Crippen LogP contribution in [0.25, 0.3) is 16.6 Å². The molecule has 1 aliphatic heterocycles. The van der Waals surface area contributed by atoms with Gasteiger partial charge in [-0.05, 0) is 67.9 Å². The highest BCUT2D eigenvalue weighted by atomic mass is 32.2. The molecular weight excluding hydrogens is 452 g/mol. The summed E-state index contributed by atoms with van der Waals surface area (Å²) in [7, 11) is 0. The SMILES string of the molecule is C/C(=N\OCCO)c1ccc2nnc(Sc3ccc4ncc(NC5CCOCC5)cc4c3)n2c1. The van der Waals surface area contributed by atoms with Gasteiger partial charge in [0.05, 0.1) is 29.7 Å². The first-order valence-electron chi connectivity index (χ1n) is 11.2. The number of hydrogen-bond acceptors (Lipinski definition) is 9. The lowest BCUT2D eigenvalue weighted by molar-refractivity contribution is 0.0904. The molecule has 1 fully saturated rings. The van der Waals surface area contributed by atoms with Crippen LogP contribution in [0.3, 0.4) is 0 Å². The molecule has 0 unspecified atom stereocenters. The van der Waals surface area contributed by atoms with Crippen molar-refractivity contribution >= 4 is 39.7 Å². The molecule has 0 bridgehead atoms. The number of aromatic nitrogens is 4. The van der Waals surface area contributed by atoms with Gasteiger partial charge in [0.25, 0.3) is 0 Å². The standard InChI is InChI=1S/C24H26N6O3S/c1-16(29-33-11-8-31)17-2-5-23-27-28-24(30(23)15-17)34-21-3-4-22-18(13-21)12-20(14-25-22)26-19-6-9-32-10-7-19/h2-5,12-15,19,26,31H,6-11H2,1H3/b29-16+. The Hall–Kier alpha value is -3.21. The number of anilines is 1. The van der Waals surface area contributed by atoms with Gasteiger partial charge in [0.1, 0.15) is 6.61 Å². The van der Waals surface area contributed by atoms with E-state index >= 15 is 0 Å². The topological polar surface area (TPSA) is 106 Å². The normalized spacial score (nSPS) is 15.2. The summed E-state index contributed by atoms with van der Waals surface area (Å²) < 4.78 is 7.39. The predicted octanol–water partition coefficient (Wildman–Crippen LogP) is 3.75. The molecule has 1 saturated heterocycles. The molecular formula is C24H26N6O3S. The molecule has 0 atom stereocenters. The molecule has 0 spiro atoms. The Morgan fingerprint density at radius 3 is 2.97 bits per heavy atom. The molecule has 4 aromatic rings. The first-order chi connectivity index (χ1) is 16.7. The van der Waals surface area contributed by atoms with Gasteiger partial charge in [0, 0.05) is 41.3 Å². The number of nitrogens with one attached hydrogen (secondary N) is 1. The largest absolute Gasteiger partial charge is 0.393 e. The van der Waals surface area contributed by atoms with E-state index in [-0.39, 0.29) is 13.2 Å². The zero-order valence-electron chi connectivity index (χ0n) is 18.8. The Labute approximate surface area is 201 Å². The van der Waals surface area contributed by atoms with Gasteiger partial charge < -0.3 is 20.0 Å². The van der Waals surface area contributed by atoms with E-state index in [9.17, 15) is 0 Å². The first kappa shape index (κ1) is 22.6. The van der Waals surface area contributed by atoms with E-state index in [4.69, 9.17) is 14.7 Å². The van der Waals surface area contributed by atoms with Gasteiger partial charge in [-0.2, -0.15) is 0 Å². The molecule has 5 rings (SSSR count). The molecule has 4 heterocycles. The molecule has 0 radical (unpaired) electrons. The fourth-order valence-corrected chi connectivity index (χ4v) is 4.68. The number of aliphatic hydroxyl groups is 1. The van der Waals surface area contributed by atoms with Crippen LogP contribution in [0.5, 0.6) is 0 Å². The van der Waals surface area contributed by atoms with Gasteiger partial charge in [-0.15, -0.1) is 10.2 Å². The fourth-order valence-electron chi connectivity index (χ4n) is 3.82. The summed E-state index contributed by atoms with van der Waals surface area (Å²) in [5, 5.41) is 27.0. The molecule has 9 nitrogen and oxygen atoms in total. The van der Waals surface area contributed by atoms with Crippen LogP contribution in [0.15, 0.2) is 64.0 Å². The van der Waals surface area contributed by atoms with E-state index in [0.29, 0.717) is 11.8 Å². The fraction of sp³-hybridized carbons (Fsp3) is 0.333. The van der Waals surface area contributed by atoms with Crippen molar-refractivity contribution < 1.29 is 14.7 Å². The maximum atomic E-state index is 8.87. The summed E-state index contributed by atoms with van der Waals surface area (Å²) >= 11 is 1.54. The summed E-state index contributed by atoms with van der Waals surface area (Å²) in [6, 6.07) is 12.6. The van der Waals surface area contributed by atoms with Gasteiger partial charge in [-0.25, -0.2) is 0 Å². The van der Waals surface area contributed by atoms with Crippen LogP contribution < -0.4 is 5.32 Å². The zero-order chi connectivity index (χ0) is 23.3. The van der Waals surface area contributed by atoms with Crippen molar-refractivity contribution in [3.63, 3.8) is 0 Å². The summed E-state index contributed by atoms with van der Waals surface area (Å²) in [4.78, 5) is 10.8. The lowest BCUT2D eigenvalue weighted by atomic mass is 10.1. The number of fused-ring (bicyclic) bond motifs is 2. The van der Waals surface area contributed by atoms with Gasteiger partial charge in [0.15, 0.2) is 10.8 Å². The molecule has 0 aliphatic carbocycles. The number of oxime groups is 1. The van der Waals surface area contributed by atoms with Crippen molar-refractivity contribution in [3.05, 3.63) is 54.4 Å². The van der Waals surface area contributed by atoms with Crippen LogP contribution in [0.2, 0.25) is 0 Å². The van der Waals surface area contributed by atoms with Gasteiger partial charge in [0.2, 0.25) is 0 Å². The van der Waals surface area contributed by atoms with E-state index in [1.165, 1.54) is 0 Å². The van der Waals surface area contributed by atoms with Crippen molar-refractivity contribution in [2.24, 2.45) is 5.16 Å². The third-order valence-electron chi connectivity index (χ3n) is 5.63. The Kier molecular flexibility index (Phi) is 6.89. The average molecular weight is 479 g/mol. The zero-order valence-corrected chi connectivity index (χ0v) is 19.7. The number of nitrogens with zero attached hydrogens (tertiary/aromatic N) is 5. The summed E-state index contributed by atoms with van der Waals surface area (Å²) in [6.07, 6.45) is 5.85. The van der Waals surface area contributed by atoms with Gasteiger partial charge >= 0.3 is 0 Å². The van der Waals surface area contributed by atoms with Crippen molar-refractivity contribution in [1.82, 2.24) is 19.6 Å². The lowest BCUT2D eigenvalue weighted by Gasteiger charge is -2.24. The minimum absolute atomic E-state index is 0.0730. The van der Waals surface area contributed by atoms with Crippen molar-refractivity contribution in [3.8, 4) is 0 Å². The number of ether oxygens (including phenoxy) is 1. The van der Waals surface area contributed by atoms with Crippen molar-refractivity contribution in [1.29, 1.82) is 0 Å². The average Bonchev–Trinajstić information content (AvgIpc) is 3.26. The second kappa shape index (κ2) is 10.4. The predicted molar refractivity (Wildman–Crippen MR) is 132 cm³/mol. The van der Waals surface area contributed by atoms with Crippen LogP contribution in [0, 0.1) is 0 Å². The molecule has 176 valence electrons. The number of hydrogen-bond donors (Lipinski definition) is 2. The maximum Gasteiger partial charge on any atom is 0.200 e. The molecule has 3 aromatic heterocycles. The highest BCUT2D eigenvalue weighted by Crippen LogP contribution is 2.30. The number of aliphatic hydroxyl groups excluding tert-OH is 1. The third kappa shape index (κ3) is 5.14. The van der Waals surface area contributed by atoms with Crippen LogP contribution in [0.4, 0.5) is 5.69 Å². The molecule has 1 aromatic carbocycles. The first-order valence-corrected chi connectivity index (χ1v) is 12.1. The minimum atomic E-state index is -0.0730. The molecule has 34 heavy (non-hydrogen) atoms. The third-order valence-corrected chi connectivity index (χ3v) is 6.58. The van der Waals surface area contributed by atoms with E-state index < -0.39 is 0 Å². The van der Waals surface area contributed by atoms with Crippen LogP contribution >= 0.6 is 11.8 Å². The summed E-state index contributed by atoms with van der Waals surface area (Å²) in [5.41, 5.74) is 4.32. The molecule has 0 amide bonds. The van der Waals surface area contributed by atoms with Crippen molar-refractivity contribution in [2.45, 2.75) is 35.9 Å². The monoisotopic (exact) mass is 478 g/mol. The highest BCUT2D eigenvalue weighted by Gasteiger charge is 2.14. The Balaban J connectivity index is 1.37.